The number of anilines is 1. The summed E-state index contributed by atoms with van der Waals surface area (Å²) in [6, 6.07) is 6.99. The quantitative estimate of drug-likeness (QED) is 0.647. The molecular weight excluding hydrogens is 422 g/mol. The maximum atomic E-state index is 13.0. The van der Waals surface area contributed by atoms with E-state index in [0.29, 0.717) is 24.4 Å². The number of nitrogens with one attached hydrogen (secondary N) is 2. The number of benzene rings is 1. The Morgan fingerprint density at radius 3 is 2.38 bits per heavy atom. The lowest BCUT2D eigenvalue weighted by molar-refractivity contribution is -0.127. The van der Waals surface area contributed by atoms with Gasteiger partial charge in [-0.25, -0.2) is 0 Å². The fraction of sp³-hybridized carbons (Fsp3) is 0.680. The number of hydrogen-bond donors (Lipinski definition) is 2. The van der Waals surface area contributed by atoms with E-state index in [1.165, 1.54) is 38.5 Å². The summed E-state index contributed by atoms with van der Waals surface area (Å²) in [5, 5.41) is 6.50. The average molecular weight is 458 g/mol. The van der Waals surface area contributed by atoms with Crippen molar-refractivity contribution in [3.63, 3.8) is 0 Å². The van der Waals surface area contributed by atoms with Crippen molar-refractivity contribution >= 4 is 27.5 Å². The van der Waals surface area contributed by atoms with Crippen LogP contribution in [0.15, 0.2) is 33.6 Å². The first-order valence-corrected chi connectivity index (χ1v) is 13.5. The van der Waals surface area contributed by atoms with Crippen molar-refractivity contribution in [1.29, 1.82) is 0 Å². The minimum Gasteiger partial charge on any atom is -0.353 e. The summed E-state index contributed by atoms with van der Waals surface area (Å²) in [7, 11) is -3.71. The van der Waals surface area contributed by atoms with Crippen LogP contribution in [0.5, 0.6) is 0 Å². The summed E-state index contributed by atoms with van der Waals surface area (Å²) in [6.45, 7) is 6.20. The number of hydrogen-bond acceptors (Lipinski definition) is 4. The number of carbonyl (C=O) groups excluding carboxylic acids is 1. The standard InChI is InChI=1S/C25H35N3O3S/c1-16(25-11-17-8-18(12-25)10-19(9-17)13-25)26-23(29)15-24(2,3)14-22-27-20-6-4-5-7-21(20)32(30,31)28-22/h4-7,16-19H,8-15H2,1-3H3,(H,26,29)(H,27,28)/t16-,17?,18?,19?,25?/m0/s1. The van der Waals surface area contributed by atoms with Crippen molar-refractivity contribution in [2.45, 2.75) is 83.1 Å². The summed E-state index contributed by atoms with van der Waals surface area (Å²) >= 11 is 0. The molecular formula is C25H35N3O3S. The summed E-state index contributed by atoms with van der Waals surface area (Å²) < 4.78 is 29.1. The highest BCUT2D eigenvalue weighted by atomic mass is 32.2. The molecule has 6 nitrogen and oxygen atoms in total. The van der Waals surface area contributed by atoms with E-state index in [9.17, 15) is 13.2 Å². The third-order valence-electron chi connectivity index (χ3n) is 8.34. The molecule has 32 heavy (non-hydrogen) atoms. The van der Waals surface area contributed by atoms with Gasteiger partial charge in [-0.2, -0.15) is 8.42 Å². The molecule has 4 bridgehead atoms. The van der Waals surface area contributed by atoms with E-state index in [1.54, 1.807) is 24.3 Å². The molecule has 0 saturated heterocycles. The third kappa shape index (κ3) is 4.09. The van der Waals surface area contributed by atoms with Gasteiger partial charge < -0.3 is 10.6 Å². The molecule has 7 heteroatoms. The first-order valence-electron chi connectivity index (χ1n) is 12.0. The number of amidine groups is 1. The van der Waals surface area contributed by atoms with Crippen molar-refractivity contribution in [3.8, 4) is 0 Å². The largest absolute Gasteiger partial charge is 0.353 e. The van der Waals surface area contributed by atoms with Crippen LogP contribution >= 0.6 is 0 Å². The highest BCUT2D eigenvalue weighted by Crippen LogP contribution is 2.61. The van der Waals surface area contributed by atoms with Crippen LogP contribution in [0, 0.1) is 28.6 Å². The number of fused-ring (bicyclic) bond motifs is 1. The summed E-state index contributed by atoms with van der Waals surface area (Å²) in [4.78, 5) is 13.2. The second-order valence-electron chi connectivity index (χ2n) is 11.7. The van der Waals surface area contributed by atoms with Gasteiger partial charge in [-0.05, 0) is 86.2 Å². The van der Waals surface area contributed by atoms with Gasteiger partial charge in [-0.15, -0.1) is 4.40 Å². The fourth-order valence-electron chi connectivity index (χ4n) is 7.35. The number of para-hydroxylation sites is 1. The first kappa shape index (κ1) is 21.9. The lowest BCUT2D eigenvalue weighted by Crippen LogP contribution is -2.56. The average Bonchev–Trinajstić information content (AvgIpc) is 2.65. The normalized spacial score (nSPS) is 33.1. The predicted octanol–water partition coefficient (Wildman–Crippen LogP) is 4.73. The third-order valence-corrected chi connectivity index (χ3v) is 9.71. The van der Waals surface area contributed by atoms with Crippen LogP contribution in [0.3, 0.4) is 0 Å². The van der Waals surface area contributed by atoms with Crippen LogP contribution in [0.4, 0.5) is 5.69 Å². The van der Waals surface area contributed by atoms with Crippen LogP contribution < -0.4 is 10.6 Å². The van der Waals surface area contributed by atoms with Crippen LogP contribution in [-0.2, 0) is 14.8 Å². The molecule has 4 aliphatic carbocycles. The lowest BCUT2D eigenvalue weighted by Gasteiger charge is -2.59. The van der Waals surface area contributed by atoms with Gasteiger partial charge in [0.1, 0.15) is 10.7 Å². The first-order chi connectivity index (χ1) is 15.0. The van der Waals surface area contributed by atoms with Crippen LogP contribution in [-0.4, -0.2) is 26.2 Å². The van der Waals surface area contributed by atoms with Crippen molar-refractivity contribution in [2.24, 2.45) is 33.0 Å². The Hall–Kier alpha value is -1.89. The summed E-state index contributed by atoms with van der Waals surface area (Å²) in [5.41, 5.74) is 0.411. The molecule has 4 saturated carbocycles. The molecule has 174 valence electrons. The zero-order chi connectivity index (χ0) is 22.7. The smallest absolute Gasteiger partial charge is 0.286 e. The Labute approximate surface area is 191 Å². The molecule has 0 radical (unpaired) electrons. The van der Waals surface area contributed by atoms with Gasteiger partial charge in [0.2, 0.25) is 5.91 Å². The SMILES string of the molecule is C[C@H](NC(=O)CC(C)(C)CC1=NS(=O)(=O)c2ccccc2N1)C12CC3CC(CC(C3)C1)C2. The molecule has 6 rings (SSSR count). The second-order valence-corrected chi connectivity index (χ2v) is 13.3. The molecule has 1 amide bonds. The van der Waals surface area contributed by atoms with E-state index in [4.69, 9.17) is 0 Å². The van der Waals surface area contributed by atoms with Gasteiger partial charge in [-0.3, -0.25) is 4.79 Å². The molecule has 1 aromatic carbocycles. The Morgan fingerprint density at radius 2 is 1.75 bits per heavy atom. The molecule has 0 unspecified atom stereocenters. The van der Waals surface area contributed by atoms with Crippen LogP contribution in [0.2, 0.25) is 0 Å². The highest BCUT2D eigenvalue weighted by molar-refractivity contribution is 7.90. The van der Waals surface area contributed by atoms with Crippen LogP contribution in [0.25, 0.3) is 0 Å². The van der Waals surface area contributed by atoms with Crippen molar-refractivity contribution in [1.82, 2.24) is 5.32 Å². The van der Waals surface area contributed by atoms with Crippen molar-refractivity contribution < 1.29 is 13.2 Å². The van der Waals surface area contributed by atoms with Crippen LogP contribution in [0.1, 0.15) is 72.1 Å². The van der Waals surface area contributed by atoms with Gasteiger partial charge in [0.15, 0.2) is 0 Å². The van der Waals surface area contributed by atoms with Gasteiger partial charge in [0.25, 0.3) is 10.0 Å². The van der Waals surface area contributed by atoms with Gasteiger partial charge in [0.05, 0.1) is 5.69 Å². The number of carbonyl (C=O) groups is 1. The maximum Gasteiger partial charge on any atom is 0.286 e. The topological polar surface area (TPSA) is 87.6 Å². The number of rotatable bonds is 6. The van der Waals surface area contributed by atoms with E-state index in [-0.39, 0.29) is 22.3 Å². The Bertz CT molecular complexity index is 1020. The molecule has 1 atom stereocenters. The zero-order valence-corrected chi connectivity index (χ0v) is 20.2. The Kier molecular flexibility index (Phi) is 5.19. The molecule has 0 aromatic heterocycles. The van der Waals surface area contributed by atoms with Gasteiger partial charge >= 0.3 is 0 Å². The fourth-order valence-corrected chi connectivity index (χ4v) is 8.49. The molecule has 4 fully saturated rings. The molecule has 1 heterocycles. The molecule has 5 aliphatic rings. The van der Waals surface area contributed by atoms with Gasteiger partial charge in [0, 0.05) is 18.9 Å². The Balaban J connectivity index is 1.22. The maximum absolute atomic E-state index is 13.0. The molecule has 0 spiro atoms. The monoisotopic (exact) mass is 457 g/mol. The van der Waals surface area contributed by atoms with E-state index in [2.05, 4.69) is 22.0 Å². The second kappa shape index (κ2) is 7.57. The highest BCUT2D eigenvalue weighted by Gasteiger charge is 2.53. The minimum absolute atomic E-state index is 0.0536. The number of nitrogens with zero attached hydrogens (tertiary/aromatic N) is 1. The van der Waals surface area contributed by atoms with E-state index < -0.39 is 15.4 Å². The van der Waals surface area contributed by atoms with E-state index in [0.717, 1.165) is 17.8 Å². The van der Waals surface area contributed by atoms with Crippen molar-refractivity contribution in [2.75, 3.05) is 5.32 Å². The number of amides is 1. The molecule has 1 aromatic rings. The molecule has 1 aliphatic heterocycles. The predicted molar refractivity (Wildman–Crippen MR) is 126 cm³/mol. The zero-order valence-electron chi connectivity index (χ0n) is 19.4. The van der Waals surface area contributed by atoms with E-state index >= 15 is 0 Å². The summed E-state index contributed by atoms with van der Waals surface area (Å²) in [5.74, 6) is 3.03. The van der Waals surface area contributed by atoms with E-state index in [1.807, 2.05) is 13.8 Å². The lowest BCUT2D eigenvalue weighted by atomic mass is 9.48. The summed E-state index contributed by atoms with van der Waals surface area (Å²) in [6.07, 6.45) is 8.72. The van der Waals surface area contributed by atoms with Crippen molar-refractivity contribution in [3.05, 3.63) is 24.3 Å². The Morgan fingerprint density at radius 1 is 1.16 bits per heavy atom. The minimum atomic E-state index is -3.71. The molecule has 2 N–H and O–H groups in total. The van der Waals surface area contributed by atoms with Gasteiger partial charge in [-0.1, -0.05) is 26.0 Å². The number of sulfonamides is 1.